The van der Waals surface area contributed by atoms with Gasteiger partial charge in [-0.05, 0) is 20.0 Å². The predicted molar refractivity (Wildman–Crippen MR) is 76.0 cm³/mol. The summed E-state index contributed by atoms with van der Waals surface area (Å²) in [6, 6.07) is 1.90. The predicted octanol–water partition coefficient (Wildman–Crippen LogP) is 1.64. The third-order valence-corrected chi connectivity index (χ3v) is 2.90. The van der Waals surface area contributed by atoms with E-state index in [0.717, 1.165) is 19.6 Å². The van der Waals surface area contributed by atoms with E-state index in [4.69, 9.17) is 9.47 Å². The SMILES string of the molecule is CCN(CC)CC(C)Nc1nc(OC)cc(OC)n1. The molecule has 0 aromatic carbocycles. The van der Waals surface area contributed by atoms with Crippen molar-refractivity contribution in [1.29, 1.82) is 0 Å². The molecule has 1 N–H and O–H groups in total. The fraction of sp³-hybridized carbons (Fsp3) is 0.692. The van der Waals surface area contributed by atoms with Gasteiger partial charge in [-0.1, -0.05) is 13.8 Å². The van der Waals surface area contributed by atoms with Crippen LogP contribution < -0.4 is 14.8 Å². The van der Waals surface area contributed by atoms with E-state index in [1.807, 2.05) is 0 Å². The fourth-order valence-corrected chi connectivity index (χ4v) is 1.81. The van der Waals surface area contributed by atoms with Crippen LogP contribution in [0.3, 0.4) is 0 Å². The van der Waals surface area contributed by atoms with Crippen molar-refractivity contribution in [2.45, 2.75) is 26.8 Å². The van der Waals surface area contributed by atoms with E-state index in [1.165, 1.54) is 0 Å². The van der Waals surface area contributed by atoms with Gasteiger partial charge in [-0.2, -0.15) is 9.97 Å². The molecule has 0 aliphatic heterocycles. The van der Waals surface area contributed by atoms with Crippen LogP contribution in [-0.2, 0) is 0 Å². The summed E-state index contributed by atoms with van der Waals surface area (Å²) >= 11 is 0. The number of anilines is 1. The Labute approximate surface area is 115 Å². The molecule has 1 atom stereocenters. The summed E-state index contributed by atoms with van der Waals surface area (Å²) in [7, 11) is 3.15. The van der Waals surface area contributed by atoms with Crippen LogP contribution in [0.2, 0.25) is 0 Å². The number of nitrogens with zero attached hydrogens (tertiary/aromatic N) is 3. The molecule has 0 amide bonds. The quantitative estimate of drug-likeness (QED) is 0.773. The topological polar surface area (TPSA) is 59.5 Å². The summed E-state index contributed by atoms with van der Waals surface area (Å²) in [5, 5.41) is 3.27. The first kappa shape index (κ1) is 15.5. The number of methoxy groups -OCH3 is 2. The van der Waals surface area contributed by atoms with Crippen molar-refractivity contribution in [3.63, 3.8) is 0 Å². The van der Waals surface area contributed by atoms with Crippen LogP contribution in [0.15, 0.2) is 6.07 Å². The van der Waals surface area contributed by atoms with Crippen LogP contribution in [-0.4, -0.2) is 54.8 Å². The third-order valence-electron chi connectivity index (χ3n) is 2.90. The normalized spacial score (nSPS) is 12.3. The zero-order valence-corrected chi connectivity index (χ0v) is 12.4. The molecule has 0 radical (unpaired) electrons. The summed E-state index contributed by atoms with van der Waals surface area (Å²) in [5.74, 6) is 1.50. The maximum atomic E-state index is 5.12. The maximum absolute atomic E-state index is 5.12. The summed E-state index contributed by atoms with van der Waals surface area (Å²) < 4.78 is 10.2. The first-order chi connectivity index (χ1) is 9.12. The Morgan fingerprint density at radius 1 is 1.16 bits per heavy atom. The Kier molecular flexibility index (Phi) is 6.35. The molecule has 0 aliphatic carbocycles. The van der Waals surface area contributed by atoms with E-state index >= 15 is 0 Å². The van der Waals surface area contributed by atoms with E-state index in [9.17, 15) is 0 Å². The number of aromatic nitrogens is 2. The minimum Gasteiger partial charge on any atom is -0.481 e. The van der Waals surface area contributed by atoms with Crippen molar-refractivity contribution >= 4 is 5.95 Å². The molecule has 0 fully saturated rings. The van der Waals surface area contributed by atoms with Gasteiger partial charge in [0.1, 0.15) is 0 Å². The Morgan fingerprint density at radius 3 is 2.11 bits per heavy atom. The van der Waals surface area contributed by atoms with E-state index in [1.54, 1.807) is 20.3 Å². The Morgan fingerprint density at radius 2 is 1.68 bits per heavy atom. The van der Waals surface area contributed by atoms with E-state index in [2.05, 4.69) is 41.0 Å². The standard InChI is InChI=1S/C13H24N4O2/c1-6-17(7-2)9-10(3)14-13-15-11(18-4)8-12(16-13)19-5/h8,10H,6-7,9H2,1-5H3,(H,14,15,16). The lowest BCUT2D eigenvalue weighted by atomic mass is 10.3. The highest BCUT2D eigenvalue weighted by atomic mass is 16.5. The molecule has 0 saturated heterocycles. The monoisotopic (exact) mass is 268 g/mol. The zero-order chi connectivity index (χ0) is 14.3. The van der Waals surface area contributed by atoms with E-state index < -0.39 is 0 Å². The lowest BCUT2D eigenvalue weighted by Crippen LogP contribution is -2.35. The second-order valence-electron chi connectivity index (χ2n) is 4.31. The fourth-order valence-electron chi connectivity index (χ4n) is 1.81. The molecule has 1 rings (SSSR count). The smallest absolute Gasteiger partial charge is 0.229 e. The van der Waals surface area contributed by atoms with Crippen molar-refractivity contribution in [1.82, 2.24) is 14.9 Å². The van der Waals surface area contributed by atoms with Crippen LogP contribution >= 0.6 is 0 Å². The summed E-state index contributed by atoms with van der Waals surface area (Å²) in [5.41, 5.74) is 0. The molecule has 0 saturated carbocycles. The van der Waals surface area contributed by atoms with Crippen molar-refractivity contribution in [3.8, 4) is 11.8 Å². The molecular weight excluding hydrogens is 244 g/mol. The van der Waals surface area contributed by atoms with Crippen molar-refractivity contribution in [2.24, 2.45) is 0 Å². The minimum absolute atomic E-state index is 0.247. The summed E-state index contributed by atoms with van der Waals surface area (Å²) in [4.78, 5) is 10.9. The van der Waals surface area contributed by atoms with Gasteiger partial charge in [-0.15, -0.1) is 0 Å². The van der Waals surface area contributed by atoms with Crippen LogP contribution in [0, 0.1) is 0 Å². The van der Waals surface area contributed by atoms with Crippen LogP contribution in [0.4, 0.5) is 5.95 Å². The van der Waals surface area contributed by atoms with Gasteiger partial charge < -0.3 is 19.7 Å². The zero-order valence-electron chi connectivity index (χ0n) is 12.4. The van der Waals surface area contributed by atoms with Gasteiger partial charge in [-0.3, -0.25) is 0 Å². The lowest BCUT2D eigenvalue weighted by molar-refractivity contribution is 0.294. The molecular formula is C13H24N4O2. The molecule has 0 bridgehead atoms. The number of rotatable bonds is 8. The summed E-state index contributed by atoms with van der Waals surface area (Å²) in [6.07, 6.45) is 0. The van der Waals surface area contributed by atoms with Crippen molar-refractivity contribution < 1.29 is 9.47 Å². The van der Waals surface area contributed by atoms with Crippen LogP contribution in [0.5, 0.6) is 11.8 Å². The number of hydrogen-bond donors (Lipinski definition) is 1. The number of hydrogen-bond acceptors (Lipinski definition) is 6. The van der Waals surface area contributed by atoms with E-state index in [-0.39, 0.29) is 6.04 Å². The molecule has 6 nitrogen and oxygen atoms in total. The van der Waals surface area contributed by atoms with Gasteiger partial charge in [0, 0.05) is 12.6 Å². The molecule has 19 heavy (non-hydrogen) atoms. The first-order valence-corrected chi connectivity index (χ1v) is 6.58. The molecule has 1 unspecified atom stereocenters. The molecule has 1 aromatic heterocycles. The van der Waals surface area contributed by atoms with Gasteiger partial charge in [-0.25, -0.2) is 0 Å². The van der Waals surface area contributed by atoms with Gasteiger partial charge >= 0.3 is 0 Å². The Hall–Kier alpha value is -1.56. The molecule has 1 heterocycles. The van der Waals surface area contributed by atoms with Gasteiger partial charge in [0.05, 0.1) is 20.3 Å². The van der Waals surface area contributed by atoms with Crippen molar-refractivity contribution in [3.05, 3.63) is 6.07 Å². The van der Waals surface area contributed by atoms with Gasteiger partial charge in [0.2, 0.25) is 17.7 Å². The van der Waals surface area contributed by atoms with Crippen LogP contribution in [0.1, 0.15) is 20.8 Å². The third kappa shape index (κ3) is 4.90. The van der Waals surface area contributed by atoms with E-state index in [0.29, 0.717) is 17.7 Å². The highest BCUT2D eigenvalue weighted by Crippen LogP contribution is 2.17. The number of likely N-dealkylation sites (N-methyl/N-ethyl adjacent to an activating group) is 1. The second-order valence-corrected chi connectivity index (χ2v) is 4.31. The van der Waals surface area contributed by atoms with Gasteiger partial charge in [0.15, 0.2) is 0 Å². The largest absolute Gasteiger partial charge is 0.481 e. The molecule has 6 heteroatoms. The Balaban J connectivity index is 2.69. The molecule has 0 aliphatic rings. The highest BCUT2D eigenvalue weighted by Gasteiger charge is 2.10. The number of ether oxygens (including phenoxy) is 2. The molecule has 108 valence electrons. The molecule has 1 aromatic rings. The summed E-state index contributed by atoms with van der Waals surface area (Å²) in [6.45, 7) is 9.42. The average Bonchev–Trinajstić information content (AvgIpc) is 2.44. The van der Waals surface area contributed by atoms with Gasteiger partial charge in [0.25, 0.3) is 0 Å². The van der Waals surface area contributed by atoms with Crippen molar-refractivity contribution in [2.75, 3.05) is 39.2 Å². The lowest BCUT2D eigenvalue weighted by Gasteiger charge is -2.23. The second kappa shape index (κ2) is 7.78. The molecule has 0 spiro atoms. The first-order valence-electron chi connectivity index (χ1n) is 6.58. The minimum atomic E-state index is 0.247. The average molecular weight is 268 g/mol. The highest BCUT2D eigenvalue weighted by molar-refractivity contribution is 5.34. The maximum Gasteiger partial charge on any atom is 0.229 e. The Bertz CT molecular complexity index is 361. The number of nitrogens with one attached hydrogen (secondary N) is 1. The van der Waals surface area contributed by atoms with Crippen LogP contribution in [0.25, 0.3) is 0 Å².